The molecular weight excluding hydrogens is 388 g/mol. The highest BCUT2D eigenvalue weighted by Crippen LogP contribution is 2.33. The van der Waals surface area contributed by atoms with Crippen LogP contribution in [0, 0.1) is 13.8 Å². The minimum Gasteiger partial charge on any atom is -0.312 e. The number of rotatable bonds is 4. The molecule has 0 saturated heterocycles. The first kappa shape index (κ1) is 20.0. The number of aryl methyl sites for hydroxylation is 2. The Bertz CT molecular complexity index is 1300. The number of H-pyrrole nitrogens is 1. The first-order valence-electron chi connectivity index (χ1n) is 11.2. The summed E-state index contributed by atoms with van der Waals surface area (Å²) in [6.45, 7) is 8.54. The van der Waals surface area contributed by atoms with Crippen LogP contribution in [0.5, 0.6) is 0 Å². The molecule has 4 aromatic rings. The van der Waals surface area contributed by atoms with E-state index in [9.17, 15) is 4.79 Å². The minimum atomic E-state index is -0.00488. The van der Waals surface area contributed by atoms with Crippen LogP contribution in [0.3, 0.4) is 0 Å². The standard InChI is InChI=1S/C24H30N6O/c1-14(2)27-18-5-7-19(8-6-18)30-22-10-15(3)20(11-21(22)28-24(30)31)17-9-16(4)23-25-13-26-29(23)12-17/h9-14,18-19,27H,5-8H2,1-4H3,(H,28,31). The van der Waals surface area contributed by atoms with Crippen molar-refractivity contribution in [2.45, 2.75) is 71.5 Å². The molecule has 31 heavy (non-hydrogen) atoms. The zero-order valence-electron chi connectivity index (χ0n) is 18.6. The van der Waals surface area contributed by atoms with Gasteiger partial charge in [0.1, 0.15) is 6.33 Å². The van der Waals surface area contributed by atoms with Gasteiger partial charge in [-0.2, -0.15) is 5.10 Å². The highest BCUT2D eigenvalue weighted by molar-refractivity contribution is 5.84. The Morgan fingerprint density at radius 2 is 1.87 bits per heavy atom. The molecule has 0 unspecified atom stereocenters. The molecule has 0 bridgehead atoms. The summed E-state index contributed by atoms with van der Waals surface area (Å²) < 4.78 is 3.80. The maximum Gasteiger partial charge on any atom is 0.326 e. The Morgan fingerprint density at radius 1 is 1.10 bits per heavy atom. The van der Waals surface area contributed by atoms with E-state index in [1.165, 1.54) is 0 Å². The third kappa shape index (κ3) is 3.57. The molecule has 1 saturated carbocycles. The Balaban J connectivity index is 1.51. The quantitative estimate of drug-likeness (QED) is 0.522. The second kappa shape index (κ2) is 7.64. The van der Waals surface area contributed by atoms with E-state index in [4.69, 9.17) is 0 Å². The molecule has 3 heterocycles. The van der Waals surface area contributed by atoms with Crippen LogP contribution >= 0.6 is 0 Å². The molecule has 5 rings (SSSR count). The van der Waals surface area contributed by atoms with Crippen molar-refractivity contribution in [2.24, 2.45) is 0 Å². The van der Waals surface area contributed by atoms with E-state index >= 15 is 0 Å². The first-order chi connectivity index (χ1) is 14.9. The molecule has 0 amide bonds. The highest BCUT2D eigenvalue weighted by atomic mass is 16.1. The number of pyridine rings is 1. The van der Waals surface area contributed by atoms with E-state index in [1.807, 2.05) is 22.2 Å². The van der Waals surface area contributed by atoms with Gasteiger partial charge in [-0.3, -0.25) is 4.57 Å². The van der Waals surface area contributed by atoms with Crippen LogP contribution < -0.4 is 11.0 Å². The smallest absolute Gasteiger partial charge is 0.312 e. The molecule has 7 heteroatoms. The van der Waals surface area contributed by atoms with Crippen LogP contribution in [0.15, 0.2) is 35.5 Å². The van der Waals surface area contributed by atoms with Gasteiger partial charge in [0.25, 0.3) is 0 Å². The summed E-state index contributed by atoms with van der Waals surface area (Å²) in [6.07, 6.45) is 7.85. The second-order valence-electron chi connectivity index (χ2n) is 9.25. The number of aromatic nitrogens is 5. The fraction of sp³-hybridized carbons (Fsp3) is 0.458. The zero-order chi connectivity index (χ0) is 21.7. The van der Waals surface area contributed by atoms with Crippen molar-refractivity contribution in [3.8, 4) is 11.1 Å². The SMILES string of the molecule is Cc1cc2c(cc1-c1cc(C)c3ncnn3c1)[nH]c(=O)n2C1CCC(NC(C)C)CC1. The summed E-state index contributed by atoms with van der Waals surface area (Å²) in [5.74, 6) is 0. The maximum absolute atomic E-state index is 12.9. The van der Waals surface area contributed by atoms with E-state index < -0.39 is 0 Å². The zero-order valence-corrected chi connectivity index (χ0v) is 18.6. The van der Waals surface area contributed by atoms with E-state index in [-0.39, 0.29) is 11.7 Å². The van der Waals surface area contributed by atoms with E-state index in [2.05, 4.69) is 59.4 Å². The van der Waals surface area contributed by atoms with Gasteiger partial charge >= 0.3 is 5.69 Å². The van der Waals surface area contributed by atoms with E-state index in [0.29, 0.717) is 12.1 Å². The van der Waals surface area contributed by atoms with Gasteiger partial charge in [-0.25, -0.2) is 14.3 Å². The summed E-state index contributed by atoms with van der Waals surface area (Å²) in [7, 11) is 0. The Morgan fingerprint density at radius 3 is 2.61 bits per heavy atom. The Labute approximate surface area is 181 Å². The fourth-order valence-corrected chi connectivity index (χ4v) is 5.16. The topological polar surface area (TPSA) is 80.0 Å². The third-order valence-electron chi connectivity index (χ3n) is 6.56. The van der Waals surface area contributed by atoms with Gasteiger partial charge < -0.3 is 10.3 Å². The van der Waals surface area contributed by atoms with Crippen molar-refractivity contribution < 1.29 is 0 Å². The molecule has 2 N–H and O–H groups in total. The van der Waals surface area contributed by atoms with E-state index in [1.54, 1.807) is 6.33 Å². The Hall–Kier alpha value is -2.93. The number of hydrogen-bond acceptors (Lipinski definition) is 4. The number of hydrogen-bond donors (Lipinski definition) is 2. The molecule has 1 fully saturated rings. The first-order valence-corrected chi connectivity index (χ1v) is 11.2. The van der Waals surface area contributed by atoms with Crippen LogP contribution in [-0.2, 0) is 0 Å². The normalized spacial score (nSPS) is 19.6. The van der Waals surface area contributed by atoms with Crippen molar-refractivity contribution in [3.05, 3.63) is 52.3 Å². The number of nitrogens with one attached hydrogen (secondary N) is 2. The molecule has 1 aliphatic rings. The number of imidazole rings is 1. The van der Waals surface area contributed by atoms with Crippen molar-refractivity contribution in [3.63, 3.8) is 0 Å². The van der Waals surface area contributed by atoms with Gasteiger partial charge in [0.05, 0.1) is 11.0 Å². The van der Waals surface area contributed by atoms with Crippen molar-refractivity contribution in [2.75, 3.05) is 0 Å². The van der Waals surface area contributed by atoms with Crippen LogP contribution in [0.1, 0.15) is 56.7 Å². The molecule has 3 aromatic heterocycles. The average Bonchev–Trinajstić information content (AvgIpc) is 3.31. The predicted octanol–water partition coefficient (Wildman–Crippen LogP) is 4.14. The van der Waals surface area contributed by atoms with Gasteiger partial charge in [-0.15, -0.1) is 0 Å². The van der Waals surface area contributed by atoms with Gasteiger partial charge in [0.15, 0.2) is 5.65 Å². The number of benzene rings is 1. The number of aromatic amines is 1. The number of nitrogens with zero attached hydrogens (tertiary/aromatic N) is 4. The monoisotopic (exact) mass is 418 g/mol. The number of fused-ring (bicyclic) bond motifs is 2. The summed E-state index contributed by atoms with van der Waals surface area (Å²) >= 11 is 0. The van der Waals surface area contributed by atoms with Crippen LogP contribution in [-0.4, -0.2) is 36.2 Å². The van der Waals surface area contributed by atoms with Crippen LogP contribution in [0.4, 0.5) is 0 Å². The summed E-state index contributed by atoms with van der Waals surface area (Å²) in [4.78, 5) is 20.3. The van der Waals surface area contributed by atoms with Crippen LogP contribution in [0.2, 0.25) is 0 Å². The summed E-state index contributed by atoms with van der Waals surface area (Å²) in [6, 6.07) is 7.70. The van der Waals surface area contributed by atoms with E-state index in [0.717, 1.165) is 64.6 Å². The molecule has 0 radical (unpaired) electrons. The molecule has 162 valence electrons. The molecule has 0 aliphatic heterocycles. The lowest BCUT2D eigenvalue weighted by Crippen LogP contribution is -2.38. The van der Waals surface area contributed by atoms with Gasteiger partial charge in [0, 0.05) is 29.9 Å². The van der Waals surface area contributed by atoms with Gasteiger partial charge in [-0.1, -0.05) is 13.8 Å². The molecule has 7 nitrogen and oxygen atoms in total. The van der Waals surface area contributed by atoms with Crippen LogP contribution in [0.25, 0.3) is 27.8 Å². The van der Waals surface area contributed by atoms with Gasteiger partial charge in [0.2, 0.25) is 0 Å². The maximum atomic E-state index is 12.9. The molecule has 1 aromatic carbocycles. The minimum absolute atomic E-state index is 0.00488. The fourth-order valence-electron chi connectivity index (χ4n) is 5.16. The second-order valence-corrected chi connectivity index (χ2v) is 9.25. The largest absolute Gasteiger partial charge is 0.326 e. The summed E-state index contributed by atoms with van der Waals surface area (Å²) in [5, 5.41) is 7.94. The third-order valence-corrected chi connectivity index (χ3v) is 6.56. The molecule has 0 atom stereocenters. The lowest BCUT2D eigenvalue weighted by molar-refractivity contribution is 0.281. The van der Waals surface area contributed by atoms with Gasteiger partial charge in [-0.05, 0) is 74.4 Å². The molecule has 0 spiro atoms. The van der Waals surface area contributed by atoms with Crippen molar-refractivity contribution >= 4 is 16.7 Å². The predicted molar refractivity (Wildman–Crippen MR) is 124 cm³/mol. The Kier molecular flexibility index (Phi) is 4.93. The van der Waals surface area contributed by atoms with Crippen molar-refractivity contribution in [1.82, 2.24) is 29.5 Å². The molecular formula is C24H30N6O. The summed E-state index contributed by atoms with van der Waals surface area (Å²) in [5.41, 5.74) is 7.16. The van der Waals surface area contributed by atoms with Crippen molar-refractivity contribution in [1.29, 1.82) is 0 Å². The highest BCUT2D eigenvalue weighted by Gasteiger charge is 2.25. The lowest BCUT2D eigenvalue weighted by atomic mass is 9.90. The molecule has 1 aliphatic carbocycles. The lowest BCUT2D eigenvalue weighted by Gasteiger charge is -2.31. The average molecular weight is 419 g/mol.